The van der Waals surface area contributed by atoms with Gasteiger partial charge >= 0.3 is 0 Å². The summed E-state index contributed by atoms with van der Waals surface area (Å²) in [5, 5.41) is 7.88. The van der Waals surface area contributed by atoms with E-state index >= 15 is 0 Å². The lowest BCUT2D eigenvalue weighted by Gasteiger charge is -1.80. The van der Waals surface area contributed by atoms with E-state index in [9.17, 15) is 0 Å². The van der Waals surface area contributed by atoms with E-state index in [1.54, 1.807) is 0 Å². The van der Waals surface area contributed by atoms with Gasteiger partial charge < -0.3 is 5.11 Å². The van der Waals surface area contributed by atoms with Crippen LogP contribution in [0.15, 0.2) is 34.8 Å². The Morgan fingerprint density at radius 3 is 1.91 bits per heavy atom. The molecular weight excluding hydrogens is 204 g/mol. The van der Waals surface area contributed by atoms with Gasteiger partial charge in [-0.15, -0.1) is 0 Å². The molecule has 1 aromatic rings. The molecular formula is C9H13BrO. The van der Waals surface area contributed by atoms with Crippen LogP contribution >= 0.6 is 15.9 Å². The molecule has 0 saturated heterocycles. The average molecular weight is 217 g/mol. The van der Waals surface area contributed by atoms with Crippen molar-refractivity contribution in [3.05, 3.63) is 34.8 Å². The number of rotatable bonds is 1. The molecule has 11 heavy (non-hydrogen) atoms. The second kappa shape index (κ2) is 7.76. The molecule has 1 aromatic carbocycles. The van der Waals surface area contributed by atoms with Crippen LogP contribution in [0, 0.1) is 0 Å². The Bertz CT molecular complexity index is 160. The predicted octanol–water partition coefficient (Wildman–Crippen LogP) is 2.84. The fourth-order valence-electron chi connectivity index (χ4n) is 0.415. The molecule has 62 valence electrons. The molecule has 0 aliphatic heterocycles. The van der Waals surface area contributed by atoms with Crippen molar-refractivity contribution in [2.24, 2.45) is 0 Å². The summed E-state index contributed by atoms with van der Waals surface area (Å²) < 4.78 is 1.13. The summed E-state index contributed by atoms with van der Waals surface area (Å²) in [6.45, 7) is 2.25. The van der Waals surface area contributed by atoms with Crippen molar-refractivity contribution in [3.8, 4) is 0 Å². The van der Waals surface area contributed by atoms with Crippen molar-refractivity contribution in [1.82, 2.24) is 0 Å². The molecule has 0 unspecified atom stereocenters. The fourth-order valence-corrected chi connectivity index (χ4v) is 0.720. The van der Waals surface area contributed by atoms with E-state index in [-0.39, 0.29) is 0 Å². The lowest BCUT2D eigenvalue weighted by molar-refractivity contribution is 0.295. The van der Waals surface area contributed by atoms with Crippen molar-refractivity contribution < 1.29 is 5.11 Å². The predicted molar refractivity (Wildman–Crippen MR) is 51.5 cm³/mol. The number of aliphatic hydroxyl groups excluding tert-OH is 1. The number of hydrogen-bond acceptors (Lipinski definition) is 1. The highest BCUT2D eigenvalue weighted by Crippen LogP contribution is 2.05. The lowest BCUT2D eigenvalue weighted by atomic mass is 10.4. The van der Waals surface area contributed by atoms with E-state index in [0.717, 1.165) is 10.9 Å². The lowest BCUT2D eigenvalue weighted by Crippen LogP contribution is -1.69. The Labute approximate surface area is 76.2 Å². The molecule has 2 heteroatoms. The zero-order chi connectivity index (χ0) is 8.53. The summed E-state index contributed by atoms with van der Waals surface area (Å²) in [5.41, 5.74) is 0. The van der Waals surface area contributed by atoms with Gasteiger partial charge in [-0.25, -0.2) is 0 Å². The molecule has 0 saturated carbocycles. The summed E-state index contributed by atoms with van der Waals surface area (Å²) in [5.74, 6) is 0. The van der Waals surface area contributed by atoms with Gasteiger partial charge in [-0.1, -0.05) is 41.1 Å². The molecule has 0 aliphatic rings. The molecule has 0 radical (unpaired) electrons. The van der Waals surface area contributed by atoms with Gasteiger partial charge in [0, 0.05) is 11.1 Å². The van der Waals surface area contributed by atoms with Crippen LogP contribution in [0.5, 0.6) is 0 Å². The van der Waals surface area contributed by atoms with Gasteiger partial charge in [0.1, 0.15) is 0 Å². The van der Waals surface area contributed by atoms with Crippen molar-refractivity contribution in [1.29, 1.82) is 0 Å². The molecule has 0 fully saturated rings. The van der Waals surface area contributed by atoms with E-state index < -0.39 is 0 Å². The summed E-state index contributed by atoms with van der Waals surface area (Å²) in [6.07, 6.45) is 0.875. The first-order valence-electron chi connectivity index (χ1n) is 3.62. The van der Waals surface area contributed by atoms with Crippen molar-refractivity contribution in [3.63, 3.8) is 0 Å². The zero-order valence-corrected chi connectivity index (χ0v) is 8.21. The van der Waals surface area contributed by atoms with Crippen LogP contribution in [-0.2, 0) is 0 Å². The first kappa shape index (κ1) is 10.7. The zero-order valence-electron chi connectivity index (χ0n) is 6.63. The van der Waals surface area contributed by atoms with E-state index in [1.807, 2.05) is 37.3 Å². The molecule has 1 N–H and O–H groups in total. The maximum absolute atomic E-state index is 7.88. The van der Waals surface area contributed by atoms with Gasteiger partial charge in [0.25, 0.3) is 0 Å². The topological polar surface area (TPSA) is 20.2 Å². The Hall–Kier alpha value is -0.340. The molecule has 0 aliphatic carbocycles. The standard InChI is InChI=1S/C6H5Br.C3H8O/c7-6-4-2-1-3-5-6;1-2-3-4/h1-5H;4H,2-3H2,1H3. The molecule has 0 amide bonds. The molecule has 0 heterocycles. The summed E-state index contributed by atoms with van der Waals surface area (Å²) >= 11 is 3.31. The SMILES string of the molecule is Brc1ccccc1.CCCO. The van der Waals surface area contributed by atoms with Crippen molar-refractivity contribution >= 4 is 15.9 Å². The average Bonchev–Trinajstić information content (AvgIpc) is 2.07. The summed E-state index contributed by atoms with van der Waals surface area (Å²) in [6, 6.07) is 9.97. The van der Waals surface area contributed by atoms with Crippen molar-refractivity contribution in [2.45, 2.75) is 13.3 Å². The van der Waals surface area contributed by atoms with E-state index in [1.165, 1.54) is 0 Å². The normalized spacial score (nSPS) is 8.27. The molecule has 1 rings (SSSR count). The minimum absolute atomic E-state index is 0.319. The van der Waals surface area contributed by atoms with Gasteiger partial charge in [0.2, 0.25) is 0 Å². The van der Waals surface area contributed by atoms with E-state index in [0.29, 0.717) is 6.61 Å². The van der Waals surface area contributed by atoms with Gasteiger partial charge in [-0.05, 0) is 18.6 Å². The molecule has 0 spiro atoms. The number of aliphatic hydroxyl groups is 1. The van der Waals surface area contributed by atoms with Gasteiger partial charge in [0.05, 0.1) is 0 Å². The Morgan fingerprint density at radius 1 is 1.27 bits per heavy atom. The van der Waals surface area contributed by atoms with Crippen LogP contribution in [0.2, 0.25) is 0 Å². The third kappa shape index (κ3) is 7.56. The van der Waals surface area contributed by atoms with Crippen LogP contribution < -0.4 is 0 Å². The van der Waals surface area contributed by atoms with Gasteiger partial charge in [-0.3, -0.25) is 0 Å². The van der Waals surface area contributed by atoms with Crippen LogP contribution in [0.4, 0.5) is 0 Å². The highest BCUT2D eigenvalue weighted by Gasteiger charge is 1.74. The molecule has 0 bridgehead atoms. The third-order valence-corrected chi connectivity index (χ3v) is 1.49. The number of hydrogen-bond donors (Lipinski definition) is 1. The minimum atomic E-state index is 0.319. The molecule has 1 nitrogen and oxygen atoms in total. The van der Waals surface area contributed by atoms with E-state index in [2.05, 4.69) is 15.9 Å². The smallest absolute Gasteiger partial charge is 0.0428 e. The van der Waals surface area contributed by atoms with Crippen molar-refractivity contribution in [2.75, 3.05) is 6.61 Å². The number of benzene rings is 1. The second-order valence-electron chi connectivity index (χ2n) is 2.02. The van der Waals surface area contributed by atoms with Gasteiger partial charge in [-0.2, -0.15) is 0 Å². The quantitative estimate of drug-likeness (QED) is 0.766. The fraction of sp³-hybridized carbons (Fsp3) is 0.333. The molecule has 0 aromatic heterocycles. The Kier molecular flexibility index (Phi) is 7.52. The largest absolute Gasteiger partial charge is 0.396 e. The highest BCUT2D eigenvalue weighted by molar-refractivity contribution is 9.10. The highest BCUT2D eigenvalue weighted by atomic mass is 79.9. The van der Waals surface area contributed by atoms with Crippen LogP contribution in [-0.4, -0.2) is 11.7 Å². The van der Waals surface area contributed by atoms with Gasteiger partial charge in [0.15, 0.2) is 0 Å². The number of halogens is 1. The Balaban J connectivity index is 0.000000218. The summed E-state index contributed by atoms with van der Waals surface area (Å²) in [4.78, 5) is 0. The molecule has 0 atom stereocenters. The van der Waals surface area contributed by atoms with Crippen LogP contribution in [0.25, 0.3) is 0 Å². The minimum Gasteiger partial charge on any atom is -0.396 e. The van der Waals surface area contributed by atoms with Crippen LogP contribution in [0.3, 0.4) is 0 Å². The summed E-state index contributed by atoms with van der Waals surface area (Å²) in [7, 11) is 0. The first-order valence-corrected chi connectivity index (χ1v) is 4.42. The maximum atomic E-state index is 7.88. The van der Waals surface area contributed by atoms with Crippen LogP contribution in [0.1, 0.15) is 13.3 Å². The second-order valence-corrected chi connectivity index (χ2v) is 2.93. The van der Waals surface area contributed by atoms with E-state index in [4.69, 9.17) is 5.11 Å². The monoisotopic (exact) mass is 216 g/mol. The third-order valence-electron chi connectivity index (χ3n) is 0.957. The Morgan fingerprint density at radius 2 is 1.73 bits per heavy atom. The first-order chi connectivity index (χ1) is 5.31. The maximum Gasteiger partial charge on any atom is 0.0428 e.